The Hall–Kier alpha value is -3.30. The van der Waals surface area contributed by atoms with Gasteiger partial charge in [-0.25, -0.2) is 4.39 Å². The number of carbonyl (C=O) groups is 3. The molecule has 35 heavy (non-hydrogen) atoms. The minimum atomic E-state index is -0.924. The minimum absolute atomic E-state index is 0.0180. The van der Waals surface area contributed by atoms with Gasteiger partial charge in [-0.1, -0.05) is 36.4 Å². The number of amides is 2. The molecule has 0 saturated carbocycles. The summed E-state index contributed by atoms with van der Waals surface area (Å²) in [6, 6.07) is 13.1. The Balaban J connectivity index is 1.30. The number of likely N-dealkylation sites (tertiary alicyclic amines) is 1. The van der Waals surface area contributed by atoms with Crippen LogP contribution in [0, 0.1) is 5.82 Å². The molecule has 2 saturated heterocycles. The fraction of sp³-hybridized carbons (Fsp3) is 0.423. The number of carboxylic acid groups (broad SMARTS) is 1. The number of carboxylic acids is 1. The highest BCUT2D eigenvalue weighted by Crippen LogP contribution is 2.32. The lowest BCUT2D eigenvalue weighted by Crippen LogP contribution is -2.48. The van der Waals surface area contributed by atoms with E-state index in [9.17, 15) is 23.9 Å². The molecule has 2 heterocycles. The molecule has 2 aromatic carbocycles. The number of imide groups is 1. The highest BCUT2D eigenvalue weighted by molar-refractivity contribution is 6.01. The van der Waals surface area contributed by atoms with Gasteiger partial charge in [0.25, 0.3) is 0 Å². The van der Waals surface area contributed by atoms with Crippen LogP contribution in [0.5, 0.6) is 0 Å². The number of carbonyl (C=O) groups excluding carboxylic acids is 2. The summed E-state index contributed by atoms with van der Waals surface area (Å²) in [5.74, 6) is -2.00. The summed E-state index contributed by atoms with van der Waals surface area (Å²) in [6.45, 7) is 1.51. The van der Waals surface area contributed by atoms with E-state index in [2.05, 4.69) is 10.6 Å². The second kappa shape index (κ2) is 11.4. The molecule has 2 aliphatic rings. The van der Waals surface area contributed by atoms with Gasteiger partial charge < -0.3 is 15.2 Å². The van der Waals surface area contributed by atoms with E-state index in [1.165, 1.54) is 6.07 Å². The third kappa shape index (κ3) is 6.43. The molecule has 186 valence electrons. The summed E-state index contributed by atoms with van der Waals surface area (Å²) in [7, 11) is 0. The number of hydrogen-bond donors (Lipinski definition) is 3. The van der Waals surface area contributed by atoms with Gasteiger partial charge in [0.15, 0.2) is 0 Å². The zero-order valence-corrected chi connectivity index (χ0v) is 19.4. The van der Waals surface area contributed by atoms with Crippen molar-refractivity contribution in [3.63, 3.8) is 0 Å². The third-order valence-electron chi connectivity index (χ3n) is 6.66. The lowest BCUT2D eigenvalue weighted by Gasteiger charge is -2.35. The Morgan fingerprint density at radius 2 is 1.89 bits per heavy atom. The molecule has 1 unspecified atom stereocenters. The van der Waals surface area contributed by atoms with Gasteiger partial charge in [-0.2, -0.15) is 0 Å². The average molecular weight is 484 g/mol. The number of hydrogen-bond acceptors (Lipinski definition) is 6. The van der Waals surface area contributed by atoms with Gasteiger partial charge in [0.1, 0.15) is 17.9 Å². The molecule has 0 aromatic heterocycles. The van der Waals surface area contributed by atoms with Crippen LogP contribution in [0.15, 0.2) is 48.5 Å². The molecule has 2 fully saturated rings. The van der Waals surface area contributed by atoms with E-state index in [-0.39, 0.29) is 30.7 Å². The van der Waals surface area contributed by atoms with E-state index < -0.39 is 24.0 Å². The van der Waals surface area contributed by atoms with Crippen molar-refractivity contribution in [2.24, 2.45) is 0 Å². The highest BCUT2D eigenvalue weighted by Gasteiger charge is 2.31. The fourth-order valence-corrected chi connectivity index (χ4v) is 4.70. The van der Waals surface area contributed by atoms with Gasteiger partial charge in [-0.3, -0.25) is 24.6 Å². The zero-order chi connectivity index (χ0) is 24.8. The van der Waals surface area contributed by atoms with Crippen LogP contribution in [-0.4, -0.2) is 59.6 Å². The smallest absolute Gasteiger partial charge is 0.323 e. The highest BCUT2D eigenvalue weighted by atomic mass is 19.1. The third-order valence-corrected chi connectivity index (χ3v) is 6.66. The number of piperidine rings is 2. The second-order valence-corrected chi connectivity index (χ2v) is 9.05. The first-order valence-electron chi connectivity index (χ1n) is 11.9. The standard InChI is InChI=1S/C26H30FN3O5/c27-21-14-19(28-22-8-9-24(31)29-25(22)32)6-7-20(21)18-10-12-30(13-11-18)23(26(33)34)16-35-15-17-4-2-1-3-5-17/h1-7,14,18,22-23,28H,8-13,15-16H2,(H,33,34)(H,29,31,32)/t22-,23?/m0/s1. The number of halogens is 1. The molecule has 2 atom stereocenters. The monoisotopic (exact) mass is 483 g/mol. The van der Waals surface area contributed by atoms with E-state index in [0.29, 0.717) is 50.2 Å². The van der Waals surface area contributed by atoms with Crippen molar-refractivity contribution < 1.29 is 28.6 Å². The Morgan fingerprint density at radius 1 is 1.14 bits per heavy atom. The predicted molar refractivity (Wildman–Crippen MR) is 127 cm³/mol. The molecule has 9 heteroatoms. The minimum Gasteiger partial charge on any atom is -0.480 e. The summed E-state index contributed by atoms with van der Waals surface area (Å²) in [5, 5.41) is 15.0. The molecule has 0 spiro atoms. The molecule has 0 aliphatic carbocycles. The lowest BCUT2D eigenvalue weighted by atomic mass is 9.88. The molecular formula is C26H30FN3O5. The van der Waals surface area contributed by atoms with Gasteiger partial charge in [0, 0.05) is 12.1 Å². The first kappa shape index (κ1) is 24.8. The van der Waals surface area contributed by atoms with Crippen molar-refractivity contribution in [3.8, 4) is 0 Å². The van der Waals surface area contributed by atoms with Crippen LogP contribution < -0.4 is 10.6 Å². The maximum Gasteiger partial charge on any atom is 0.323 e. The molecule has 0 radical (unpaired) electrons. The SMILES string of the molecule is O=C1CC[C@H](Nc2ccc(C3CCN(C(COCc4ccccc4)C(=O)O)CC3)c(F)c2)C(=O)N1. The summed E-state index contributed by atoms with van der Waals surface area (Å²) < 4.78 is 20.6. The fourth-order valence-electron chi connectivity index (χ4n) is 4.70. The van der Waals surface area contributed by atoms with Crippen molar-refractivity contribution in [1.29, 1.82) is 0 Å². The number of aliphatic carboxylic acids is 1. The van der Waals surface area contributed by atoms with Crippen LogP contribution in [0.1, 0.15) is 42.7 Å². The lowest BCUT2D eigenvalue weighted by molar-refractivity contribution is -0.146. The number of ether oxygens (including phenoxy) is 1. The van der Waals surface area contributed by atoms with E-state index in [0.717, 1.165) is 5.56 Å². The van der Waals surface area contributed by atoms with E-state index in [4.69, 9.17) is 4.74 Å². The summed E-state index contributed by atoms with van der Waals surface area (Å²) in [6.07, 6.45) is 1.89. The van der Waals surface area contributed by atoms with Crippen LogP contribution in [0.4, 0.5) is 10.1 Å². The summed E-state index contributed by atoms with van der Waals surface area (Å²) in [4.78, 5) is 37.0. The Labute approximate surface area is 203 Å². The molecule has 2 aliphatic heterocycles. The normalized spacial score (nSPS) is 20.3. The van der Waals surface area contributed by atoms with E-state index in [1.54, 1.807) is 12.1 Å². The number of nitrogens with zero attached hydrogens (tertiary/aromatic N) is 1. The first-order chi connectivity index (χ1) is 16.9. The van der Waals surface area contributed by atoms with Crippen LogP contribution in [0.25, 0.3) is 0 Å². The van der Waals surface area contributed by atoms with Gasteiger partial charge >= 0.3 is 5.97 Å². The topological polar surface area (TPSA) is 108 Å². The van der Waals surface area contributed by atoms with Crippen molar-refractivity contribution in [2.45, 2.75) is 50.3 Å². The summed E-state index contributed by atoms with van der Waals surface area (Å²) in [5.41, 5.74) is 2.06. The van der Waals surface area contributed by atoms with Gasteiger partial charge in [0.2, 0.25) is 11.8 Å². The first-order valence-corrected chi connectivity index (χ1v) is 11.9. The van der Waals surface area contributed by atoms with Gasteiger partial charge in [-0.05, 0) is 61.5 Å². The molecular weight excluding hydrogens is 453 g/mol. The zero-order valence-electron chi connectivity index (χ0n) is 19.4. The number of nitrogens with one attached hydrogen (secondary N) is 2. The molecule has 0 bridgehead atoms. The Kier molecular flexibility index (Phi) is 8.09. The molecule has 4 rings (SSSR count). The van der Waals surface area contributed by atoms with E-state index >= 15 is 0 Å². The predicted octanol–water partition coefficient (Wildman–Crippen LogP) is 2.89. The van der Waals surface area contributed by atoms with Gasteiger partial charge in [-0.15, -0.1) is 0 Å². The Bertz CT molecular complexity index is 1060. The number of anilines is 1. The Morgan fingerprint density at radius 3 is 2.54 bits per heavy atom. The second-order valence-electron chi connectivity index (χ2n) is 9.05. The largest absolute Gasteiger partial charge is 0.480 e. The maximum absolute atomic E-state index is 14.9. The molecule has 3 N–H and O–H groups in total. The molecule has 2 amide bonds. The van der Waals surface area contributed by atoms with Crippen LogP contribution >= 0.6 is 0 Å². The average Bonchev–Trinajstić information content (AvgIpc) is 2.84. The number of rotatable bonds is 9. The number of benzene rings is 2. The van der Waals surface area contributed by atoms with Crippen molar-refractivity contribution in [3.05, 3.63) is 65.5 Å². The van der Waals surface area contributed by atoms with Crippen LogP contribution in [0.3, 0.4) is 0 Å². The maximum atomic E-state index is 14.9. The quantitative estimate of drug-likeness (QED) is 0.471. The van der Waals surface area contributed by atoms with Crippen molar-refractivity contribution in [1.82, 2.24) is 10.2 Å². The van der Waals surface area contributed by atoms with Gasteiger partial charge in [0.05, 0.1) is 13.2 Å². The van der Waals surface area contributed by atoms with E-state index in [1.807, 2.05) is 35.2 Å². The van der Waals surface area contributed by atoms with Crippen molar-refractivity contribution >= 4 is 23.5 Å². The molecule has 2 aromatic rings. The van der Waals surface area contributed by atoms with Crippen LogP contribution in [-0.2, 0) is 25.7 Å². The van der Waals surface area contributed by atoms with Crippen LogP contribution in [0.2, 0.25) is 0 Å². The van der Waals surface area contributed by atoms with Crippen molar-refractivity contribution in [2.75, 3.05) is 25.0 Å². The summed E-state index contributed by atoms with van der Waals surface area (Å²) >= 11 is 0. The molecule has 8 nitrogen and oxygen atoms in total.